The second kappa shape index (κ2) is 5.57. The van der Waals surface area contributed by atoms with Crippen LogP contribution in [0.5, 0.6) is 0 Å². The van der Waals surface area contributed by atoms with E-state index in [1.807, 2.05) is 13.0 Å². The summed E-state index contributed by atoms with van der Waals surface area (Å²) in [5.74, 6) is 0.0399. The number of carbonyl (C=O) groups is 1. The Morgan fingerprint density at radius 1 is 1.35 bits per heavy atom. The summed E-state index contributed by atoms with van der Waals surface area (Å²) in [6.45, 7) is 4.35. The highest BCUT2D eigenvalue weighted by molar-refractivity contribution is 5.78. The van der Waals surface area contributed by atoms with Gasteiger partial charge in [-0.05, 0) is 38.3 Å². The van der Waals surface area contributed by atoms with Crippen molar-refractivity contribution in [1.82, 2.24) is 4.90 Å². The van der Waals surface area contributed by atoms with E-state index in [0.29, 0.717) is 12.6 Å². The minimum Gasteiger partial charge on any atom is -0.466 e. The molecule has 0 spiro atoms. The molecule has 2 fully saturated rings. The van der Waals surface area contributed by atoms with Gasteiger partial charge in [0.1, 0.15) is 0 Å². The molecule has 108 valence electrons. The van der Waals surface area contributed by atoms with Crippen molar-refractivity contribution in [3.8, 4) is 0 Å². The lowest BCUT2D eigenvalue weighted by Crippen LogP contribution is -2.41. The number of likely N-dealkylation sites (tertiary alicyclic amines) is 1. The van der Waals surface area contributed by atoms with E-state index in [4.69, 9.17) is 4.74 Å². The first kappa shape index (κ1) is 13.6. The van der Waals surface area contributed by atoms with Gasteiger partial charge in [0.05, 0.1) is 12.0 Å². The van der Waals surface area contributed by atoms with Crippen molar-refractivity contribution < 1.29 is 9.53 Å². The van der Waals surface area contributed by atoms with Gasteiger partial charge >= 0.3 is 5.97 Å². The van der Waals surface area contributed by atoms with Gasteiger partial charge in [-0.2, -0.15) is 0 Å². The predicted octanol–water partition coefficient (Wildman–Crippen LogP) is 2.99. The van der Waals surface area contributed by atoms with Gasteiger partial charge in [-0.25, -0.2) is 0 Å². The molecule has 1 aromatic rings. The molecule has 1 aliphatic heterocycles. The van der Waals surface area contributed by atoms with Crippen LogP contribution in [0.4, 0.5) is 0 Å². The monoisotopic (exact) mass is 273 g/mol. The second-order valence-electron chi connectivity index (χ2n) is 5.99. The summed E-state index contributed by atoms with van der Waals surface area (Å²) in [6.07, 6.45) is 4.24. The van der Waals surface area contributed by atoms with Crippen LogP contribution in [-0.2, 0) is 16.1 Å². The molecule has 1 saturated carbocycles. The Morgan fingerprint density at radius 2 is 2.15 bits per heavy atom. The summed E-state index contributed by atoms with van der Waals surface area (Å²) in [6, 6.07) is 10.9. The summed E-state index contributed by atoms with van der Waals surface area (Å²) in [5, 5.41) is 0. The predicted molar refractivity (Wildman–Crippen MR) is 78.2 cm³/mol. The van der Waals surface area contributed by atoms with Crippen LogP contribution in [0.15, 0.2) is 30.3 Å². The number of rotatable bonds is 4. The minimum absolute atomic E-state index is 0.0399. The van der Waals surface area contributed by atoms with Crippen molar-refractivity contribution in [3.63, 3.8) is 0 Å². The Bertz CT molecular complexity index is 473. The molecular formula is C17H23NO2. The molecule has 2 aliphatic rings. The van der Waals surface area contributed by atoms with Gasteiger partial charge in [-0.1, -0.05) is 36.8 Å². The second-order valence-corrected chi connectivity index (χ2v) is 5.99. The highest BCUT2D eigenvalue weighted by Gasteiger charge is 2.55. The molecule has 0 radical (unpaired) electrons. The van der Waals surface area contributed by atoms with Crippen LogP contribution in [0.3, 0.4) is 0 Å². The van der Waals surface area contributed by atoms with Gasteiger partial charge in [-0.3, -0.25) is 9.69 Å². The van der Waals surface area contributed by atoms with E-state index in [1.165, 1.54) is 5.56 Å². The summed E-state index contributed by atoms with van der Waals surface area (Å²) in [5.41, 5.74) is 1.11. The molecule has 0 N–H and O–H groups in total. The van der Waals surface area contributed by atoms with E-state index >= 15 is 0 Å². The molecule has 2 atom stereocenters. The van der Waals surface area contributed by atoms with Crippen molar-refractivity contribution in [2.75, 3.05) is 13.2 Å². The van der Waals surface area contributed by atoms with Crippen LogP contribution in [0.25, 0.3) is 0 Å². The minimum atomic E-state index is -0.217. The molecule has 0 unspecified atom stereocenters. The van der Waals surface area contributed by atoms with Crippen LogP contribution in [0.2, 0.25) is 0 Å². The Morgan fingerprint density at radius 3 is 2.90 bits per heavy atom. The zero-order chi connectivity index (χ0) is 14.0. The number of hydrogen-bond donors (Lipinski definition) is 0. The molecule has 0 aromatic heterocycles. The Hall–Kier alpha value is -1.35. The molecule has 1 aromatic carbocycles. The molecule has 3 heteroatoms. The zero-order valence-electron chi connectivity index (χ0n) is 12.2. The topological polar surface area (TPSA) is 29.5 Å². The molecule has 0 amide bonds. The lowest BCUT2D eigenvalue weighted by Gasteiger charge is -2.30. The summed E-state index contributed by atoms with van der Waals surface area (Å²) in [4.78, 5) is 14.9. The SMILES string of the molecule is CCOC(=O)[C@@]12CCC[C@@H]1N(Cc1ccccc1)CC2. The van der Waals surface area contributed by atoms with Crippen molar-refractivity contribution >= 4 is 5.97 Å². The van der Waals surface area contributed by atoms with Gasteiger partial charge in [0, 0.05) is 12.6 Å². The maximum Gasteiger partial charge on any atom is 0.313 e. The van der Waals surface area contributed by atoms with E-state index in [-0.39, 0.29) is 11.4 Å². The van der Waals surface area contributed by atoms with E-state index in [1.54, 1.807) is 0 Å². The van der Waals surface area contributed by atoms with Crippen LogP contribution in [0.1, 0.15) is 38.2 Å². The fourth-order valence-corrected chi connectivity index (χ4v) is 4.00. The lowest BCUT2D eigenvalue weighted by molar-refractivity contribution is -0.156. The molecule has 0 bridgehead atoms. The maximum atomic E-state index is 12.4. The Labute approximate surface area is 120 Å². The van der Waals surface area contributed by atoms with Gasteiger partial charge < -0.3 is 4.74 Å². The molecule has 1 heterocycles. The van der Waals surface area contributed by atoms with E-state index in [9.17, 15) is 4.79 Å². The summed E-state index contributed by atoms with van der Waals surface area (Å²) < 4.78 is 5.36. The number of ether oxygens (including phenoxy) is 1. The van der Waals surface area contributed by atoms with Crippen LogP contribution in [-0.4, -0.2) is 30.1 Å². The van der Waals surface area contributed by atoms with E-state index in [2.05, 4.69) is 29.2 Å². The van der Waals surface area contributed by atoms with Crippen LogP contribution >= 0.6 is 0 Å². The smallest absolute Gasteiger partial charge is 0.313 e. The van der Waals surface area contributed by atoms with Crippen LogP contribution in [0, 0.1) is 5.41 Å². The third kappa shape index (κ3) is 2.24. The molecule has 20 heavy (non-hydrogen) atoms. The average Bonchev–Trinajstić information content (AvgIpc) is 3.02. The molecule has 3 rings (SSSR count). The lowest BCUT2D eigenvalue weighted by atomic mass is 9.82. The summed E-state index contributed by atoms with van der Waals surface area (Å²) in [7, 11) is 0. The fourth-order valence-electron chi connectivity index (χ4n) is 4.00. The van der Waals surface area contributed by atoms with Gasteiger partial charge in [-0.15, -0.1) is 0 Å². The van der Waals surface area contributed by atoms with Gasteiger partial charge in [0.15, 0.2) is 0 Å². The molecule has 3 nitrogen and oxygen atoms in total. The first-order valence-corrected chi connectivity index (χ1v) is 7.71. The maximum absolute atomic E-state index is 12.4. The first-order valence-electron chi connectivity index (χ1n) is 7.71. The Balaban J connectivity index is 1.75. The van der Waals surface area contributed by atoms with E-state index in [0.717, 1.165) is 38.8 Å². The first-order chi connectivity index (χ1) is 9.76. The number of esters is 1. The largest absolute Gasteiger partial charge is 0.466 e. The fraction of sp³-hybridized carbons (Fsp3) is 0.588. The Kier molecular flexibility index (Phi) is 3.79. The number of hydrogen-bond acceptors (Lipinski definition) is 3. The summed E-state index contributed by atoms with van der Waals surface area (Å²) >= 11 is 0. The highest BCUT2D eigenvalue weighted by atomic mass is 16.5. The van der Waals surface area contributed by atoms with Crippen molar-refractivity contribution in [2.45, 2.75) is 45.2 Å². The van der Waals surface area contributed by atoms with Crippen LogP contribution < -0.4 is 0 Å². The molecule has 1 aliphatic carbocycles. The number of benzene rings is 1. The number of fused-ring (bicyclic) bond motifs is 1. The van der Waals surface area contributed by atoms with Crippen molar-refractivity contribution in [3.05, 3.63) is 35.9 Å². The molecule has 1 saturated heterocycles. The van der Waals surface area contributed by atoms with Gasteiger partial charge in [0.2, 0.25) is 0 Å². The van der Waals surface area contributed by atoms with Crippen molar-refractivity contribution in [2.24, 2.45) is 5.41 Å². The third-order valence-corrected chi connectivity index (χ3v) is 4.93. The quantitative estimate of drug-likeness (QED) is 0.790. The normalized spacial score (nSPS) is 29.4. The zero-order valence-corrected chi connectivity index (χ0v) is 12.2. The number of nitrogens with zero attached hydrogens (tertiary/aromatic N) is 1. The third-order valence-electron chi connectivity index (χ3n) is 4.93. The van der Waals surface area contributed by atoms with E-state index < -0.39 is 0 Å². The highest BCUT2D eigenvalue weighted by Crippen LogP contribution is 2.50. The van der Waals surface area contributed by atoms with Gasteiger partial charge in [0.25, 0.3) is 0 Å². The average molecular weight is 273 g/mol. The standard InChI is InChI=1S/C17H23NO2/c1-2-20-16(19)17-10-6-9-15(17)18(12-11-17)13-14-7-4-3-5-8-14/h3-5,7-8,15H,2,6,9-13H2,1H3/t15-,17+/m0/s1. The molecular weight excluding hydrogens is 250 g/mol. The van der Waals surface area contributed by atoms with Crippen molar-refractivity contribution in [1.29, 1.82) is 0 Å². The number of carbonyl (C=O) groups excluding carboxylic acids is 1.